The van der Waals surface area contributed by atoms with Crippen molar-refractivity contribution >= 4 is 16.3 Å². The van der Waals surface area contributed by atoms with Gasteiger partial charge in [0.15, 0.2) is 6.29 Å². The lowest BCUT2D eigenvalue weighted by atomic mass is 9.99. The van der Waals surface area contributed by atoms with Crippen LogP contribution in [-0.2, 0) is 28.9 Å². The number of aliphatic hydroxyl groups excluding tert-OH is 4. The summed E-state index contributed by atoms with van der Waals surface area (Å²) in [5, 5.41) is 45.3. The number of nitrogens with one attached hydrogen (secondary N) is 1. The Balaban J connectivity index is 2.26. The predicted molar refractivity (Wildman–Crippen MR) is 320 cm³/mol. The fraction of sp³-hybridized carbons (Fsp3) is 0.984. The Morgan fingerprint density at radius 1 is 0.468 bits per heavy atom. The van der Waals surface area contributed by atoms with Crippen molar-refractivity contribution in [3.63, 3.8) is 0 Å². The highest BCUT2D eigenvalue weighted by Gasteiger charge is 2.48. The maximum absolute atomic E-state index is 13.2. The third-order valence-electron chi connectivity index (χ3n) is 16.4. The molecule has 0 bridgehead atoms. The second-order valence-electron chi connectivity index (χ2n) is 23.8. The standard InChI is InChI=1S/C64H127NO11S/c1-3-5-7-9-11-13-15-17-19-21-23-25-27-29-31-33-35-37-39-41-43-45-47-49-51-53-58(67)57(56-74-64-62(70)63(76-77(71,72)73)61(69)59(55-66)75-64)65-60(68)54-52-50-48-46-44-42-40-38-36-34-32-30-28-26-24-22-20-18-16-14-12-10-8-6-4-2/h57-59,61-64,66-67,69-70H,3-56H2,1-2H3,(H,65,68)(H,71,72,73). The zero-order chi connectivity index (χ0) is 56.1. The third kappa shape index (κ3) is 46.3. The highest BCUT2D eigenvalue weighted by Crippen LogP contribution is 2.27. The summed E-state index contributed by atoms with van der Waals surface area (Å²) in [5.41, 5.74) is 0. The van der Waals surface area contributed by atoms with E-state index in [1.54, 1.807) is 0 Å². The minimum atomic E-state index is -5.08. The summed E-state index contributed by atoms with van der Waals surface area (Å²) in [6.45, 7) is 3.53. The Morgan fingerprint density at radius 2 is 0.753 bits per heavy atom. The molecule has 13 heteroatoms. The van der Waals surface area contributed by atoms with E-state index < -0.39 is 59.9 Å². The molecule has 77 heavy (non-hydrogen) atoms. The van der Waals surface area contributed by atoms with E-state index in [9.17, 15) is 38.2 Å². The van der Waals surface area contributed by atoms with Crippen molar-refractivity contribution in [3.05, 3.63) is 0 Å². The van der Waals surface area contributed by atoms with Crippen LogP contribution in [0, 0.1) is 0 Å². The Morgan fingerprint density at radius 3 is 1.04 bits per heavy atom. The van der Waals surface area contributed by atoms with Crippen molar-refractivity contribution in [3.8, 4) is 0 Å². The minimum Gasteiger partial charge on any atom is -0.394 e. The molecule has 1 amide bonds. The average molecular weight is 1120 g/mol. The van der Waals surface area contributed by atoms with Gasteiger partial charge in [0.05, 0.1) is 25.4 Å². The van der Waals surface area contributed by atoms with Crippen LogP contribution < -0.4 is 5.32 Å². The van der Waals surface area contributed by atoms with E-state index in [-0.39, 0.29) is 12.5 Å². The topological polar surface area (TPSA) is 192 Å². The van der Waals surface area contributed by atoms with Gasteiger partial charge in [-0.1, -0.05) is 328 Å². The molecule has 1 heterocycles. The van der Waals surface area contributed by atoms with Gasteiger partial charge < -0.3 is 35.2 Å². The molecule has 1 saturated heterocycles. The van der Waals surface area contributed by atoms with E-state index in [2.05, 4.69) is 23.3 Å². The molecule has 7 atom stereocenters. The van der Waals surface area contributed by atoms with E-state index >= 15 is 0 Å². The van der Waals surface area contributed by atoms with Crippen LogP contribution >= 0.6 is 0 Å². The normalized spacial score (nSPS) is 18.8. The fourth-order valence-electron chi connectivity index (χ4n) is 11.3. The molecule has 0 aromatic heterocycles. The molecule has 1 aliphatic rings. The summed E-state index contributed by atoms with van der Waals surface area (Å²) in [6.07, 6.45) is 57.0. The van der Waals surface area contributed by atoms with E-state index in [1.807, 2.05) is 0 Å². The largest absolute Gasteiger partial charge is 0.397 e. The zero-order valence-corrected chi connectivity index (χ0v) is 51.1. The number of aliphatic hydroxyl groups is 4. The molecule has 7 unspecified atom stereocenters. The van der Waals surface area contributed by atoms with Gasteiger partial charge in [-0.05, 0) is 12.8 Å². The Hall–Kier alpha value is -0.900. The van der Waals surface area contributed by atoms with Crippen LogP contribution in [0.1, 0.15) is 348 Å². The Labute approximate surface area is 475 Å². The van der Waals surface area contributed by atoms with E-state index in [1.165, 1.54) is 270 Å². The summed E-state index contributed by atoms with van der Waals surface area (Å²) >= 11 is 0. The fourth-order valence-corrected chi connectivity index (χ4v) is 11.8. The first-order valence-corrected chi connectivity index (χ1v) is 34.8. The molecule has 0 saturated carbocycles. The Bertz CT molecular complexity index is 1360. The summed E-state index contributed by atoms with van der Waals surface area (Å²) < 4.78 is 48.1. The highest BCUT2D eigenvalue weighted by atomic mass is 32.3. The first-order valence-electron chi connectivity index (χ1n) is 33.4. The molecule has 6 N–H and O–H groups in total. The summed E-state index contributed by atoms with van der Waals surface area (Å²) in [7, 11) is -5.08. The first-order chi connectivity index (χ1) is 37.5. The maximum atomic E-state index is 13.2. The van der Waals surface area contributed by atoms with Gasteiger partial charge in [0.2, 0.25) is 5.91 Å². The number of hydrogen-bond donors (Lipinski definition) is 6. The van der Waals surface area contributed by atoms with Gasteiger partial charge in [-0.2, -0.15) is 8.42 Å². The molecular weight excluding hydrogens is 991 g/mol. The van der Waals surface area contributed by atoms with Crippen LogP contribution in [0.3, 0.4) is 0 Å². The van der Waals surface area contributed by atoms with Crippen molar-refractivity contribution in [2.24, 2.45) is 0 Å². The van der Waals surface area contributed by atoms with Crippen molar-refractivity contribution in [2.45, 2.75) is 391 Å². The first kappa shape index (κ1) is 74.1. The molecule has 0 aromatic carbocycles. The number of hydrogen-bond acceptors (Lipinski definition) is 10. The SMILES string of the molecule is CCCCCCCCCCCCCCCCCCCCCCCCCCCC(=O)NC(COC1OC(CO)C(O)C(OS(=O)(=O)O)C1O)C(O)CCCCCCCCCCCCCCCCCCCCCCCCCCC. The number of carbonyl (C=O) groups is 1. The van der Waals surface area contributed by atoms with Gasteiger partial charge in [-0.15, -0.1) is 0 Å². The average Bonchev–Trinajstić information content (AvgIpc) is 3.41. The highest BCUT2D eigenvalue weighted by molar-refractivity contribution is 7.80. The minimum absolute atomic E-state index is 0.220. The second kappa shape index (κ2) is 54.4. The summed E-state index contributed by atoms with van der Waals surface area (Å²) in [5.74, 6) is -0.220. The van der Waals surface area contributed by atoms with Gasteiger partial charge in [-0.3, -0.25) is 9.35 Å². The lowest BCUT2D eigenvalue weighted by Gasteiger charge is -2.41. The van der Waals surface area contributed by atoms with Gasteiger partial charge in [0, 0.05) is 6.42 Å². The quantitative estimate of drug-likeness (QED) is 0.0251. The third-order valence-corrected chi connectivity index (χ3v) is 16.9. The van der Waals surface area contributed by atoms with Gasteiger partial charge >= 0.3 is 10.4 Å². The molecule has 0 aromatic rings. The molecule has 1 fully saturated rings. The van der Waals surface area contributed by atoms with Gasteiger partial charge in [0.1, 0.15) is 24.4 Å². The second-order valence-corrected chi connectivity index (χ2v) is 24.8. The monoisotopic (exact) mass is 1120 g/mol. The van der Waals surface area contributed by atoms with Crippen LogP contribution in [0.5, 0.6) is 0 Å². The molecule has 1 aliphatic heterocycles. The van der Waals surface area contributed by atoms with Crippen LogP contribution in [0.2, 0.25) is 0 Å². The number of amides is 1. The van der Waals surface area contributed by atoms with Crippen molar-refractivity contribution in [1.29, 1.82) is 0 Å². The van der Waals surface area contributed by atoms with Crippen molar-refractivity contribution in [1.82, 2.24) is 5.32 Å². The number of unbranched alkanes of at least 4 members (excludes halogenated alkanes) is 48. The molecule has 0 spiro atoms. The van der Waals surface area contributed by atoms with Crippen LogP contribution in [0.25, 0.3) is 0 Å². The summed E-state index contributed by atoms with van der Waals surface area (Å²) in [4.78, 5) is 13.2. The molecule has 0 radical (unpaired) electrons. The van der Waals surface area contributed by atoms with Crippen LogP contribution in [0.15, 0.2) is 0 Å². The van der Waals surface area contributed by atoms with Crippen molar-refractivity contribution < 1.29 is 51.8 Å². The molecule has 1 rings (SSSR count). The lowest BCUT2D eigenvalue weighted by Crippen LogP contribution is -2.61. The van der Waals surface area contributed by atoms with E-state index in [0.29, 0.717) is 12.8 Å². The zero-order valence-electron chi connectivity index (χ0n) is 50.3. The van der Waals surface area contributed by atoms with E-state index in [4.69, 9.17) is 9.47 Å². The molecule has 0 aliphatic carbocycles. The van der Waals surface area contributed by atoms with Crippen molar-refractivity contribution in [2.75, 3.05) is 13.2 Å². The lowest BCUT2D eigenvalue weighted by molar-refractivity contribution is -0.298. The van der Waals surface area contributed by atoms with Gasteiger partial charge in [0.25, 0.3) is 0 Å². The van der Waals surface area contributed by atoms with Crippen LogP contribution in [-0.4, -0.2) is 95.4 Å². The number of rotatable bonds is 60. The summed E-state index contributed by atoms with van der Waals surface area (Å²) in [6, 6.07) is -0.854. The van der Waals surface area contributed by atoms with E-state index in [0.717, 1.165) is 51.4 Å². The molecular formula is C64H127NO11S. The van der Waals surface area contributed by atoms with Crippen LogP contribution in [0.4, 0.5) is 0 Å². The number of carbonyl (C=O) groups excluding carboxylic acids is 1. The predicted octanol–water partition coefficient (Wildman–Crippen LogP) is 16.8. The van der Waals surface area contributed by atoms with Gasteiger partial charge in [-0.25, -0.2) is 4.18 Å². The molecule has 12 nitrogen and oxygen atoms in total. The molecule has 460 valence electrons. The Kier molecular flexibility index (Phi) is 52.3. The maximum Gasteiger partial charge on any atom is 0.397 e. The smallest absolute Gasteiger partial charge is 0.394 e. The number of ether oxygens (including phenoxy) is 2.